The number of halogens is 1. The second-order valence-electron chi connectivity index (χ2n) is 2.51. The summed E-state index contributed by atoms with van der Waals surface area (Å²) in [7, 11) is 0. The summed E-state index contributed by atoms with van der Waals surface area (Å²) in [4.78, 5) is 4.34. The van der Waals surface area contributed by atoms with E-state index < -0.39 is 0 Å². The van der Waals surface area contributed by atoms with E-state index in [2.05, 4.69) is 4.84 Å². The maximum Gasteiger partial charge on any atom is 0.162 e. The van der Waals surface area contributed by atoms with Crippen LogP contribution in [0.15, 0.2) is 12.1 Å². The molecule has 0 aliphatic rings. The smallest absolute Gasteiger partial charge is 0.162 e. The van der Waals surface area contributed by atoms with E-state index in [1.165, 1.54) is 12.1 Å². The molecule has 0 saturated carbocycles. The molecule has 0 atom stereocenters. The Hall–Kier alpha value is -0.970. The average Bonchev–Trinajstić information content (AvgIpc) is 2.12. The number of nitrogens with two attached hydrogens (primary N) is 1. The SMILES string of the molecule is NOCCc1c(Cl)ccc(O)c1O. The third-order valence-electron chi connectivity index (χ3n) is 1.67. The van der Waals surface area contributed by atoms with Crippen LogP contribution in [0.1, 0.15) is 5.56 Å². The van der Waals surface area contributed by atoms with Crippen LogP contribution in [0.2, 0.25) is 5.02 Å². The van der Waals surface area contributed by atoms with Crippen LogP contribution < -0.4 is 5.90 Å². The fourth-order valence-electron chi connectivity index (χ4n) is 0.998. The minimum Gasteiger partial charge on any atom is -0.504 e. The topological polar surface area (TPSA) is 75.7 Å². The molecular weight excluding hydrogens is 194 g/mol. The van der Waals surface area contributed by atoms with Gasteiger partial charge in [-0.15, -0.1) is 0 Å². The molecule has 4 N–H and O–H groups in total. The first-order valence-corrected chi connectivity index (χ1v) is 4.05. The summed E-state index contributed by atoms with van der Waals surface area (Å²) in [5.41, 5.74) is 0.437. The highest BCUT2D eigenvalue weighted by Gasteiger charge is 2.10. The predicted molar refractivity (Wildman–Crippen MR) is 48.6 cm³/mol. The van der Waals surface area contributed by atoms with Crippen LogP contribution in [0.3, 0.4) is 0 Å². The molecule has 13 heavy (non-hydrogen) atoms. The van der Waals surface area contributed by atoms with Crippen LogP contribution in [-0.4, -0.2) is 16.8 Å². The van der Waals surface area contributed by atoms with Crippen LogP contribution in [0.5, 0.6) is 11.5 Å². The Morgan fingerprint density at radius 3 is 2.69 bits per heavy atom. The van der Waals surface area contributed by atoms with E-state index in [1.807, 2.05) is 0 Å². The van der Waals surface area contributed by atoms with Gasteiger partial charge in [0.15, 0.2) is 11.5 Å². The highest BCUT2D eigenvalue weighted by Crippen LogP contribution is 2.34. The van der Waals surface area contributed by atoms with Gasteiger partial charge in [0.1, 0.15) is 0 Å². The van der Waals surface area contributed by atoms with E-state index in [-0.39, 0.29) is 18.1 Å². The molecule has 0 aromatic heterocycles. The Kier molecular flexibility index (Phi) is 3.36. The van der Waals surface area contributed by atoms with E-state index in [4.69, 9.17) is 22.6 Å². The normalized spacial score (nSPS) is 10.3. The molecule has 0 fully saturated rings. The van der Waals surface area contributed by atoms with Crippen molar-refractivity contribution in [2.45, 2.75) is 6.42 Å². The van der Waals surface area contributed by atoms with Crippen molar-refractivity contribution in [1.82, 2.24) is 0 Å². The minimum absolute atomic E-state index is 0.198. The lowest BCUT2D eigenvalue weighted by atomic mass is 10.1. The van der Waals surface area contributed by atoms with Gasteiger partial charge < -0.3 is 15.1 Å². The molecule has 5 heteroatoms. The van der Waals surface area contributed by atoms with Gasteiger partial charge >= 0.3 is 0 Å². The number of aromatic hydroxyl groups is 2. The van der Waals surface area contributed by atoms with Crippen LogP contribution >= 0.6 is 11.6 Å². The number of benzene rings is 1. The number of rotatable bonds is 3. The summed E-state index contributed by atoms with van der Waals surface area (Å²) in [5.74, 6) is 4.41. The molecule has 0 spiro atoms. The zero-order valence-corrected chi connectivity index (χ0v) is 7.58. The average molecular weight is 204 g/mol. The molecular formula is C8H10ClNO3. The van der Waals surface area contributed by atoms with Gasteiger partial charge in [-0.25, -0.2) is 5.90 Å². The molecule has 0 unspecified atom stereocenters. The van der Waals surface area contributed by atoms with Gasteiger partial charge in [0.2, 0.25) is 0 Å². The summed E-state index contributed by atoms with van der Waals surface area (Å²) in [6, 6.07) is 2.83. The predicted octanol–water partition coefficient (Wildman–Crippen LogP) is 1.18. The minimum atomic E-state index is -0.218. The second-order valence-corrected chi connectivity index (χ2v) is 2.92. The number of hydrogen-bond acceptors (Lipinski definition) is 4. The zero-order chi connectivity index (χ0) is 9.84. The van der Waals surface area contributed by atoms with Gasteiger partial charge in [0.25, 0.3) is 0 Å². The Labute approximate surface area is 80.5 Å². The summed E-state index contributed by atoms with van der Waals surface area (Å²) in [5, 5.41) is 18.9. The van der Waals surface area contributed by atoms with Crippen LogP contribution in [-0.2, 0) is 11.3 Å². The Balaban J connectivity index is 2.96. The lowest BCUT2D eigenvalue weighted by molar-refractivity contribution is 0.140. The van der Waals surface area contributed by atoms with Crippen molar-refractivity contribution in [3.8, 4) is 11.5 Å². The maximum atomic E-state index is 9.37. The summed E-state index contributed by atoms with van der Waals surface area (Å²) >= 11 is 5.77. The molecule has 1 aromatic rings. The number of phenolic OH excluding ortho intramolecular Hbond substituents is 2. The van der Waals surface area contributed by atoms with E-state index in [0.29, 0.717) is 17.0 Å². The van der Waals surface area contributed by atoms with Crippen LogP contribution in [0, 0.1) is 0 Å². The first-order valence-electron chi connectivity index (χ1n) is 3.67. The molecule has 0 aliphatic heterocycles. The summed E-state index contributed by atoms with van der Waals surface area (Å²) < 4.78 is 0. The first-order chi connectivity index (χ1) is 6.16. The molecule has 0 saturated heterocycles. The van der Waals surface area contributed by atoms with Crippen molar-refractivity contribution >= 4 is 11.6 Å². The lowest BCUT2D eigenvalue weighted by Crippen LogP contribution is -2.04. The van der Waals surface area contributed by atoms with Gasteiger partial charge in [0, 0.05) is 17.0 Å². The van der Waals surface area contributed by atoms with E-state index in [0.717, 1.165) is 0 Å². The monoisotopic (exact) mass is 203 g/mol. The van der Waals surface area contributed by atoms with E-state index >= 15 is 0 Å². The molecule has 0 heterocycles. The third-order valence-corrected chi connectivity index (χ3v) is 2.03. The number of hydrogen-bond donors (Lipinski definition) is 3. The first kappa shape index (κ1) is 10.1. The van der Waals surface area contributed by atoms with Gasteiger partial charge in [-0.05, 0) is 12.1 Å². The van der Waals surface area contributed by atoms with Crippen molar-refractivity contribution in [1.29, 1.82) is 0 Å². The fourth-order valence-corrected chi connectivity index (χ4v) is 1.25. The Morgan fingerprint density at radius 1 is 1.38 bits per heavy atom. The molecule has 0 amide bonds. The van der Waals surface area contributed by atoms with E-state index in [1.54, 1.807) is 0 Å². The van der Waals surface area contributed by atoms with Gasteiger partial charge in [-0.1, -0.05) is 11.6 Å². The highest BCUT2D eigenvalue weighted by molar-refractivity contribution is 6.31. The quantitative estimate of drug-likeness (QED) is 0.510. The molecule has 1 rings (SSSR count). The van der Waals surface area contributed by atoms with Gasteiger partial charge in [0.05, 0.1) is 6.61 Å². The molecule has 0 radical (unpaired) electrons. The van der Waals surface area contributed by atoms with Gasteiger partial charge in [-0.2, -0.15) is 0 Å². The molecule has 1 aromatic carbocycles. The second kappa shape index (κ2) is 4.32. The van der Waals surface area contributed by atoms with E-state index in [9.17, 15) is 5.11 Å². The van der Waals surface area contributed by atoms with Crippen molar-refractivity contribution in [2.75, 3.05) is 6.61 Å². The van der Waals surface area contributed by atoms with Crippen molar-refractivity contribution in [2.24, 2.45) is 5.90 Å². The standard InChI is InChI=1S/C8H10ClNO3/c9-6-1-2-7(11)8(12)5(6)3-4-13-10/h1-2,11-12H,3-4,10H2. The van der Waals surface area contributed by atoms with Gasteiger partial charge in [-0.3, -0.25) is 0 Å². The zero-order valence-electron chi connectivity index (χ0n) is 6.83. The molecule has 4 nitrogen and oxygen atoms in total. The fraction of sp³-hybridized carbons (Fsp3) is 0.250. The van der Waals surface area contributed by atoms with Crippen LogP contribution in [0.25, 0.3) is 0 Å². The van der Waals surface area contributed by atoms with Crippen LogP contribution in [0.4, 0.5) is 0 Å². The Morgan fingerprint density at radius 2 is 2.08 bits per heavy atom. The summed E-state index contributed by atoms with van der Waals surface area (Å²) in [6.45, 7) is 0.233. The summed E-state index contributed by atoms with van der Waals surface area (Å²) in [6.07, 6.45) is 0.357. The van der Waals surface area contributed by atoms with Crippen molar-refractivity contribution in [3.05, 3.63) is 22.7 Å². The lowest BCUT2D eigenvalue weighted by Gasteiger charge is -2.07. The molecule has 72 valence electrons. The molecule has 0 aliphatic carbocycles. The maximum absolute atomic E-state index is 9.37. The van der Waals surface area contributed by atoms with Crippen molar-refractivity contribution in [3.63, 3.8) is 0 Å². The number of phenols is 2. The Bertz CT molecular complexity index is 304. The molecule has 0 bridgehead atoms. The van der Waals surface area contributed by atoms with Crippen molar-refractivity contribution < 1.29 is 15.1 Å². The largest absolute Gasteiger partial charge is 0.504 e. The third kappa shape index (κ3) is 2.24. The highest BCUT2D eigenvalue weighted by atomic mass is 35.5.